The van der Waals surface area contributed by atoms with Crippen molar-refractivity contribution in [2.45, 2.75) is 19.0 Å². The van der Waals surface area contributed by atoms with Gasteiger partial charge >= 0.3 is 0 Å². The highest BCUT2D eigenvalue weighted by molar-refractivity contribution is 7.09. The van der Waals surface area contributed by atoms with Crippen molar-refractivity contribution in [2.24, 2.45) is 7.05 Å². The van der Waals surface area contributed by atoms with Crippen molar-refractivity contribution in [1.29, 1.82) is 0 Å². The molecular weight excluding hydrogens is 284 g/mol. The Kier molecular flexibility index (Phi) is 3.08. The molecule has 1 N–H and O–H groups in total. The Bertz CT molecular complexity index is 741. The minimum atomic E-state index is 0.0806. The number of hydrogen-bond acceptors (Lipinski definition) is 5. The fourth-order valence-corrected chi connectivity index (χ4v) is 3.48. The molecule has 0 saturated heterocycles. The summed E-state index contributed by atoms with van der Waals surface area (Å²) in [7, 11) is 1.93. The van der Waals surface area contributed by atoms with Gasteiger partial charge in [-0.3, -0.25) is 4.68 Å². The third kappa shape index (κ3) is 2.28. The molecule has 108 valence electrons. The highest BCUT2D eigenvalue weighted by Crippen LogP contribution is 2.24. The standard InChI is InChI=1S/C14H16N6S/c1-19-9-10(8-16-19)13-14-18-17-12(20(14)5-4-15-13)7-11-3-2-6-21-11/h2-3,6,8-9,13,15H,4-5,7H2,1H3. The van der Waals surface area contributed by atoms with Gasteiger partial charge in [0.25, 0.3) is 0 Å². The van der Waals surface area contributed by atoms with E-state index >= 15 is 0 Å². The Morgan fingerprint density at radius 3 is 3.14 bits per heavy atom. The van der Waals surface area contributed by atoms with Gasteiger partial charge < -0.3 is 9.88 Å². The predicted octanol–water partition coefficient (Wildman–Crippen LogP) is 1.36. The smallest absolute Gasteiger partial charge is 0.154 e. The van der Waals surface area contributed by atoms with Crippen LogP contribution < -0.4 is 5.32 Å². The molecule has 3 aromatic rings. The Labute approximate surface area is 126 Å². The molecule has 1 aliphatic heterocycles. The molecule has 1 aliphatic rings. The van der Waals surface area contributed by atoms with Crippen LogP contribution in [0.15, 0.2) is 29.9 Å². The van der Waals surface area contributed by atoms with E-state index in [4.69, 9.17) is 0 Å². The lowest BCUT2D eigenvalue weighted by Gasteiger charge is -2.24. The second kappa shape index (κ2) is 5.09. The first-order valence-corrected chi connectivity index (χ1v) is 7.85. The van der Waals surface area contributed by atoms with Crippen LogP contribution in [0.1, 0.15) is 28.1 Å². The minimum Gasteiger partial charge on any atom is -0.312 e. The third-order valence-corrected chi connectivity index (χ3v) is 4.65. The van der Waals surface area contributed by atoms with Crippen LogP contribution >= 0.6 is 11.3 Å². The van der Waals surface area contributed by atoms with Crippen molar-refractivity contribution in [3.8, 4) is 0 Å². The van der Waals surface area contributed by atoms with Crippen molar-refractivity contribution >= 4 is 11.3 Å². The van der Waals surface area contributed by atoms with Gasteiger partial charge in [0, 0.05) is 43.2 Å². The Morgan fingerprint density at radius 1 is 1.43 bits per heavy atom. The SMILES string of the molecule is Cn1cc(C2NCCn3c(Cc4cccs4)nnc32)cn1. The largest absolute Gasteiger partial charge is 0.312 e. The van der Waals surface area contributed by atoms with E-state index in [-0.39, 0.29) is 6.04 Å². The number of nitrogens with zero attached hydrogens (tertiary/aromatic N) is 5. The zero-order valence-corrected chi connectivity index (χ0v) is 12.5. The third-order valence-electron chi connectivity index (χ3n) is 3.77. The van der Waals surface area contributed by atoms with Crippen LogP contribution in [0.3, 0.4) is 0 Å². The van der Waals surface area contributed by atoms with E-state index in [0.717, 1.165) is 36.7 Å². The Hall–Kier alpha value is -1.99. The van der Waals surface area contributed by atoms with Gasteiger partial charge in [0.2, 0.25) is 0 Å². The van der Waals surface area contributed by atoms with E-state index < -0.39 is 0 Å². The molecule has 3 aromatic heterocycles. The molecule has 0 saturated carbocycles. The topological polar surface area (TPSA) is 60.6 Å². The van der Waals surface area contributed by atoms with Crippen molar-refractivity contribution in [1.82, 2.24) is 29.9 Å². The molecular formula is C14H16N6S. The lowest BCUT2D eigenvalue weighted by Crippen LogP contribution is -2.34. The molecule has 6 nitrogen and oxygen atoms in total. The summed E-state index contributed by atoms with van der Waals surface area (Å²) < 4.78 is 4.06. The minimum absolute atomic E-state index is 0.0806. The fourth-order valence-electron chi connectivity index (χ4n) is 2.77. The van der Waals surface area contributed by atoms with E-state index in [1.807, 2.05) is 24.1 Å². The molecule has 0 aliphatic carbocycles. The molecule has 1 atom stereocenters. The van der Waals surface area contributed by atoms with Gasteiger partial charge in [-0.1, -0.05) is 6.07 Å². The van der Waals surface area contributed by atoms with Crippen molar-refractivity contribution in [3.05, 3.63) is 52.0 Å². The van der Waals surface area contributed by atoms with Crippen LogP contribution in [0.4, 0.5) is 0 Å². The van der Waals surface area contributed by atoms with Gasteiger partial charge in [-0.15, -0.1) is 21.5 Å². The van der Waals surface area contributed by atoms with Crippen LogP contribution in [0.2, 0.25) is 0 Å². The molecule has 7 heteroatoms. The molecule has 4 rings (SSSR count). The molecule has 0 amide bonds. The molecule has 0 spiro atoms. The summed E-state index contributed by atoms with van der Waals surface area (Å²) in [6, 6.07) is 4.30. The maximum Gasteiger partial charge on any atom is 0.154 e. The van der Waals surface area contributed by atoms with Crippen LogP contribution in [-0.2, 0) is 20.0 Å². The molecule has 1 unspecified atom stereocenters. The summed E-state index contributed by atoms with van der Waals surface area (Å²) in [6.07, 6.45) is 4.77. The van der Waals surface area contributed by atoms with Gasteiger partial charge in [0.15, 0.2) is 5.82 Å². The molecule has 0 fully saturated rings. The highest BCUT2D eigenvalue weighted by Gasteiger charge is 2.27. The maximum atomic E-state index is 4.42. The number of aryl methyl sites for hydroxylation is 1. The summed E-state index contributed by atoms with van der Waals surface area (Å²) >= 11 is 1.76. The van der Waals surface area contributed by atoms with E-state index in [9.17, 15) is 0 Å². The van der Waals surface area contributed by atoms with E-state index in [1.165, 1.54) is 4.88 Å². The lowest BCUT2D eigenvalue weighted by molar-refractivity contribution is 0.449. The average molecular weight is 300 g/mol. The normalized spacial score (nSPS) is 17.9. The second-order valence-corrected chi connectivity index (χ2v) is 6.25. The van der Waals surface area contributed by atoms with Crippen LogP contribution in [0.25, 0.3) is 0 Å². The number of fused-ring (bicyclic) bond motifs is 1. The van der Waals surface area contributed by atoms with Gasteiger partial charge in [-0.2, -0.15) is 5.10 Å². The van der Waals surface area contributed by atoms with Crippen molar-refractivity contribution in [3.63, 3.8) is 0 Å². The molecule has 0 radical (unpaired) electrons. The molecule has 21 heavy (non-hydrogen) atoms. The molecule has 0 bridgehead atoms. The summed E-state index contributed by atoms with van der Waals surface area (Å²) in [5.41, 5.74) is 1.13. The lowest BCUT2D eigenvalue weighted by atomic mass is 10.1. The zero-order chi connectivity index (χ0) is 14.2. The van der Waals surface area contributed by atoms with E-state index in [2.05, 4.69) is 42.7 Å². The maximum absolute atomic E-state index is 4.42. The number of rotatable bonds is 3. The van der Waals surface area contributed by atoms with E-state index in [1.54, 1.807) is 11.3 Å². The van der Waals surface area contributed by atoms with Gasteiger partial charge in [-0.05, 0) is 11.4 Å². The zero-order valence-electron chi connectivity index (χ0n) is 11.7. The first kappa shape index (κ1) is 12.7. The summed E-state index contributed by atoms with van der Waals surface area (Å²) in [5.74, 6) is 2.03. The predicted molar refractivity (Wildman–Crippen MR) is 80.2 cm³/mol. The molecule has 0 aromatic carbocycles. The monoisotopic (exact) mass is 300 g/mol. The Balaban J connectivity index is 1.68. The first-order valence-electron chi connectivity index (χ1n) is 6.97. The average Bonchev–Trinajstić information content (AvgIpc) is 3.21. The summed E-state index contributed by atoms with van der Waals surface area (Å²) in [6.45, 7) is 1.84. The van der Waals surface area contributed by atoms with Crippen molar-refractivity contribution in [2.75, 3.05) is 6.54 Å². The first-order chi connectivity index (χ1) is 10.3. The van der Waals surface area contributed by atoms with Crippen LogP contribution in [0, 0.1) is 0 Å². The van der Waals surface area contributed by atoms with Crippen LogP contribution in [0.5, 0.6) is 0 Å². The second-order valence-electron chi connectivity index (χ2n) is 5.22. The highest BCUT2D eigenvalue weighted by atomic mass is 32.1. The van der Waals surface area contributed by atoms with Gasteiger partial charge in [0.1, 0.15) is 5.82 Å². The molecule has 4 heterocycles. The van der Waals surface area contributed by atoms with Gasteiger partial charge in [-0.25, -0.2) is 0 Å². The Morgan fingerprint density at radius 2 is 2.38 bits per heavy atom. The van der Waals surface area contributed by atoms with Gasteiger partial charge in [0.05, 0.1) is 12.2 Å². The number of nitrogens with one attached hydrogen (secondary N) is 1. The quantitative estimate of drug-likeness (QED) is 0.793. The van der Waals surface area contributed by atoms with E-state index in [0.29, 0.717) is 0 Å². The number of thiophene rings is 1. The summed E-state index contributed by atoms with van der Waals surface area (Å²) in [4.78, 5) is 1.32. The number of aromatic nitrogens is 5. The van der Waals surface area contributed by atoms with Crippen LogP contribution in [-0.4, -0.2) is 31.1 Å². The van der Waals surface area contributed by atoms with Crippen molar-refractivity contribution < 1.29 is 0 Å². The fraction of sp³-hybridized carbons (Fsp3) is 0.357. The number of hydrogen-bond donors (Lipinski definition) is 1. The summed E-state index contributed by atoms with van der Waals surface area (Å²) in [5, 5.41) is 18.7.